The zero-order valence-corrected chi connectivity index (χ0v) is 12.7. The van der Waals surface area contributed by atoms with Gasteiger partial charge in [0.1, 0.15) is 15.4 Å². The van der Waals surface area contributed by atoms with E-state index in [0.717, 1.165) is 6.26 Å². The average Bonchev–Trinajstić information content (AvgIpc) is 2.29. The van der Waals surface area contributed by atoms with Crippen molar-refractivity contribution in [3.63, 3.8) is 0 Å². The fraction of sp³-hybridized carbons (Fsp3) is 0.900. The van der Waals surface area contributed by atoms with Gasteiger partial charge in [0.25, 0.3) is 0 Å². The molecule has 1 fully saturated rings. The molecule has 7 nitrogen and oxygen atoms in total. The first kappa shape index (κ1) is 16.4. The van der Waals surface area contributed by atoms with Gasteiger partial charge < -0.3 is 4.90 Å². The first-order valence-corrected chi connectivity index (χ1v) is 9.58. The molecule has 0 aromatic heterocycles. The summed E-state index contributed by atoms with van der Waals surface area (Å²) >= 11 is 0. The zero-order valence-electron chi connectivity index (χ0n) is 11.1. The SMILES string of the molecule is CN1CCC(C#N)(NS(=O)(=O)CCS(C)(=O)=O)CC1. The Morgan fingerprint density at radius 2 is 1.74 bits per heavy atom. The van der Waals surface area contributed by atoms with Crippen LogP contribution >= 0.6 is 0 Å². The van der Waals surface area contributed by atoms with Crippen LogP contribution in [0, 0.1) is 11.3 Å². The van der Waals surface area contributed by atoms with Crippen LogP contribution in [0.2, 0.25) is 0 Å². The highest BCUT2D eigenvalue weighted by atomic mass is 32.2. The van der Waals surface area contributed by atoms with Gasteiger partial charge in [0.2, 0.25) is 10.0 Å². The molecule has 1 saturated heterocycles. The van der Waals surface area contributed by atoms with Crippen LogP contribution in [-0.4, -0.2) is 65.2 Å². The van der Waals surface area contributed by atoms with Crippen molar-refractivity contribution in [2.24, 2.45) is 0 Å². The summed E-state index contributed by atoms with van der Waals surface area (Å²) in [6, 6.07) is 2.02. The van der Waals surface area contributed by atoms with E-state index in [1.54, 1.807) is 0 Å². The maximum Gasteiger partial charge on any atom is 0.213 e. The molecule has 0 unspecified atom stereocenters. The number of nitrogens with one attached hydrogen (secondary N) is 1. The predicted molar refractivity (Wildman–Crippen MR) is 71.7 cm³/mol. The van der Waals surface area contributed by atoms with E-state index in [4.69, 9.17) is 0 Å². The summed E-state index contributed by atoms with van der Waals surface area (Å²) in [6.07, 6.45) is 1.79. The van der Waals surface area contributed by atoms with E-state index in [-0.39, 0.29) is 0 Å². The van der Waals surface area contributed by atoms with Gasteiger partial charge in [-0.1, -0.05) is 0 Å². The summed E-state index contributed by atoms with van der Waals surface area (Å²) in [5.41, 5.74) is -1.11. The highest BCUT2D eigenvalue weighted by Gasteiger charge is 2.37. The molecule has 19 heavy (non-hydrogen) atoms. The summed E-state index contributed by atoms with van der Waals surface area (Å²) in [6.45, 7) is 1.25. The standard InChI is InChI=1S/C10H19N3O4S2/c1-13-5-3-10(9-11,4-6-13)12-19(16,17)8-7-18(2,14)15/h12H,3-8H2,1-2H3. The number of nitriles is 1. The molecule has 0 atom stereocenters. The quantitative estimate of drug-likeness (QED) is 0.693. The largest absolute Gasteiger partial charge is 0.306 e. The molecule has 0 amide bonds. The Morgan fingerprint density at radius 3 is 2.16 bits per heavy atom. The number of hydrogen-bond acceptors (Lipinski definition) is 6. The molecule has 1 aliphatic heterocycles. The molecule has 110 valence electrons. The number of sulfonamides is 1. The molecule has 0 radical (unpaired) electrons. The van der Waals surface area contributed by atoms with E-state index in [2.05, 4.69) is 4.72 Å². The van der Waals surface area contributed by atoms with E-state index >= 15 is 0 Å². The fourth-order valence-electron chi connectivity index (χ4n) is 1.85. The van der Waals surface area contributed by atoms with Gasteiger partial charge in [-0.3, -0.25) is 0 Å². The first-order chi connectivity index (χ1) is 8.58. The minimum Gasteiger partial charge on any atom is -0.306 e. The summed E-state index contributed by atoms with van der Waals surface area (Å²) in [7, 11) is -5.21. The van der Waals surface area contributed by atoms with Crippen LogP contribution in [0.5, 0.6) is 0 Å². The van der Waals surface area contributed by atoms with Gasteiger partial charge in [0, 0.05) is 19.3 Å². The van der Waals surface area contributed by atoms with E-state index in [9.17, 15) is 22.1 Å². The zero-order chi connectivity index (χ0) is 14.7. The second-order valence-electron chi connectivity index (χ2n) is 5.05. The molecule has 0 aliphatic carbocycles. The lowest BCUT2D eigenvalue weighted by Gasteiger charge is -2.35. The van der Waals surface area contributed by atoms with Gasteiger partial charge in [0.05, 0.1) is 17.6 Å². The highest BCUT2D eigenvalue weighted by molar-refractivity contribution is 7.93. The molecule has 0 aromatic carbocycles. The topological polar surface area (TPSA) is 107 Å². The van der Waals surface area contributed by atoms with Crippen molar-refractivity contribution < 1.29 is 16.8 Å². The Morgan fingerprint density at radius 1 is 1.21 bits per heavy atom. The minimum atomic E-state index is -3.77. The van der Waals surface area contributed by atoms with Crippen LogP contribution in [-0.2, 0) is 19.9 Å². The molecule has 1 rings (SSSR count). The number of piperidine rings is 1. The van der Waals surface area contributed by atoms with Crippen LogP contribution in [0.25, 0.3) is 0 Å². The van der Waals surface area contributed by atoms with Gasteiger partial charge in [-0.25, -0.2) is 16.8 Å². The summed E-state index contributed by atoms with van der Waals surface area (Å²) < 4.78 is 48.1. The molecule has 0 aromatic rings. The number of likely N-dealkylation sites (tertiary alicyclic amines) is 1. The molecule has 0 bridgehead atoms. The number of hydrogen-bond donors (Lipinski definition) is 1. The molecular formula is C10H19N3O4S2. The van der Waals surface area contributed by atoms with Crippen molar-refractivity contribution in [3.8, 4) is 6.07 Å². The molecule has 1 aliphatic rings. The smallest absolute Gasteiger partial charge is 0.213 e. The van der Waals surface area contributed by atoms with Crippen LogP contribution in [0.15, 0.2) is 0 Å². The Kier molecular flexibility index (Phi) is 4.95. The van der Waals surface area contributed by atoms with Crippen LogP contribution < -0.4 is 4.72 Å². The van der Waals surface area contributed by atoms with Crippen LogP contribution in [0.4, 0.5) is 0 Å². The Hall–Kier alpha value is -0.690. The third kappa shape index (κ3) is 5.44. The highest BCUT2D eigenvalue weighted by Crippen LogP contribution is 2.21. The molecular weight excluding hydrogens is 290 g/mol. The predicted octanol–water partition coefficient (Wildman–Crippen LogP) is -1.06. The molecule has 9 heteroatoms. The third-order valence-corrected chi connectivity index (χ3v) is 5.78. The maximum absolute atomic E-state index is 11.9. The number of sulfone groups is 1. The normalized spacial score (nSPS) is 20.9. The summed E-state index contributed by atoms with van der Waals surface area (Å²) in [5, 5.41) is 9.21. The molecule has 0 spiro atoms. The average molecular weight is 309 g/mol. The van der Waals surface area contributed by atoms with Crippen molar-refractivity contribution in [1.29, 1.82) is 5.26 Å². The van der Waals surface area contributed by atoms with Gasteiger partial charge in [-0.05, 0) is 19.9 Å². The lowest BCUT2D eigenvalue weighted by molar-refractivity contribution is 0.213. The first-order valence-electron chi connectivity index (χ1n) is 5.87. The van der Waals surface area contributed by atoms with E-state index in [0.29, 0.717) is 25.9 Å². The lowest BCUT2D eigenvalue weighted by Crippen LogP contribution is -2.54. The van der Waals surface area contributed by atoms with Crippen LogP contribution in [0.1, 0.15) is 12.8 Å². The second kappa shape index (κ2) is 5.75. The molecule has 1 heterocycles. The van der Waals surface area contributed by atoms with Crippen LogP contribution in [0.3, 0.4) is 0 Å². The summed E-state index contributed by atoms with van der Waals surface area (Å²) in [4.78, 5) is 2.01. The Labute approximate surface area is 114 Å². The Bertz CT molecular complexity index is 554. The van der Waals surface area contributed by atoms with Crippen molar-refractivity contribution in [3.05, 3.63) is 0 Å². The van der Waals surface area contributed by atoms with Gasteiger partial charge >= 0.3 is 0 Å². The maximum atomic E-state index is 11.9. The minimum absolute atomic E-state index is 0.401. The number of rotatable bonds is 5. The third-order valence-electron chi connectivity index (χ3n) is 3.13. The van der Waals surface area contributed by atoms with Crippen molar-refractivity contribution in [2.45, 2.75) is 18.4 Å². The second-order valence-corrected chi connectivity index (χ2v) is 9.15. The van der Waals surface area contributed by atoms with Gasteiger partial charge in [0.15, 0.2) is 0 Å². The van der Waals surface area contributed by atoms with E-state index in [1.165, 1.54) is 0 Å². The molecule has 1 N–H and O–H groups in total. The lowest BCUT2D eigenvalue weighted by atomic mass is 9.91. The van der Waals surface area contributed by atoms with E-state index < -0.39 is 36.9 Å². The summed E-state index contributed by atoms with van der Waals surface area (Å²) in [5.74, 6) is -0.950. The van der Waals surface area contributed by atoms with E-state index in [1.807, 2.05) is 18.0 Å². The number of nitrogens with zero attached hydrogens (tertiary/aromatic N) is 2. The monoisotopic (exact) mass is 309 g/mol. The van der Waals surface area contributed by atoms with Crippen molar-refractivity contribution in [2.75, 3.05) is 37.9 Å². The molecule has 0 saturated carbocycles. The van der Waals surface area contributed by atoms with Gasteiger partial charge in [-0.15, -0.1) is 0 Å². The van der Waals surface area contributed by atoms with Gasteiger partial charge in [-0.2, -0.15) is 9.98 Å². The fourth-order valence-corrected chi connectivity index (χ4v) is 4.88. The van der Waals surface area contributed by atoms with Crippen molar-refractivity contribution >= 4 is 19.9 Å². The van der Waals surface area contributed by atoms with Crippen molar-refractivity contribution in [1.82, 2.24) is 9.62 Å². The Balaban J connectivity index is 2.73.